The van der Waals surface area contributed by atoms with Gasteiger partial charge in [-0.15, -0.1) is 0 Å². The van der Waals surface area contributed by atoms with Gasteiger partial charge in [-0.05, 0) is 59.3 Å². The van der Waals surface area contributed by atoms with Gasteiger partial charge in [-0.3, -0.25) is 4.90 Å². The van der Waals surface area contributed by atoms with Gasteiger partial charge in [-0.1, -0.05) is 38.5 Å². The first kappa shape index (κ1) is 20.1. The summed E-state index contributed by atoms with van der Waals surface area (Å²) < 4.78 is 5.66. The van der Waals surface area contributed by atoms with Crippen LogP contribution in [0.5, 0.6) is 0 Å². The Morgan fingerprint density at radius 1 is 0.880 bits per heavy atom. The van der Waals surface area contributed by atoms with E-state index in [0.29, 0.717) is 0 Å². The molecule has 1 unspecified atom stereocenters. The Bertz CT molecular complexity index is 473. The predicted molar refractivity (Wildman–Crippen MR) is 97.6 cm³/mol. The molecule has 2 rings (SSSR count). The molecule has 0 aromatic heterocycles. The van der Waals surface area contributed by atoms with Gasteiger partial charge in [0.25, 0.3) is 0 Å². The molecular formula is C20H35NO4. The van der Waals surface area contributed by atoms with E-state index in [1.54, 1.807) is 11.8 Å². The van der Waals surface area contributed by atoms with E-state index in [1.807, 2.05) is 20.8 Å². The van der Waals surface area contributed by atoms with Crippen molar-refractivity contribution in [1.82, 2.24) is 4.90 Å². The minimum absolute atomic E-state index is 0.00630. The molecule has 0 aromatic rings. The number of nitrogens with zero attached hydrogens (tertiary/aromatic N) is 1. The van der Waals surface area contributed by atoms with E-state index < -0.39 is 23.2 Å². The van der Waals surface area contributed by atoms with E-state index in [-0.39, 0.29) is 12.0 Å². The average Bonchev–Trinajstić information content (AvgIpc) is 2.54. The molecule has 2 aliphatic carbocycles. The van der Waals surface area contributed by atoms with Gasteiger partial charge in [0, 0.05) is 6.04 Å². The van der Waals surface area contributed by atoms with Crippen LogP contribution < -0.4 is 0 Å². The summed E-state index contributed by atoms with van der Waals surface area (Å²) in [5.41, 5.74) is -1.82. The van der Waals surface area contributed by atoms with Gasteiger partial charge in [0.05, 0.1) is 0 Å². The molecule has 5 heteroatoms. The molecule has 2 fully saturated rings. The summed E-state index contributed by atoms with van der Waals surface area (Å²) in [6.07, 6.45) is 9.51. The molecule has 25 heavy (non-hydrogen) atoms. The van der Waals surface area contributed by atoms with Crippen LogP contribution in [0, 0.1) is 5.92 Å². The second-order valence-electron chi connectivity index (χ2n) is 8.93. The highest BCUT2D eigenvalue weighted by molar-refractivity contribution is 5.85. The fourth-order valence-corrected chi connectivity index (χ4v) is 4.51. The van der Waals surface area contributed by atoms with Crippen molar-refractivity contribution in [2.45, 2.75) is 109 Å². The van der Waals surface area contributed by atoms with Crippen LogP contribution in [0.15, 0.2) is 0 Å². The van der Waals surface area contributed by atoms with E-state index in [0.717, 1.165) is 64.2 Å². The highest BCUT2D eigenvalue weighted by Gasteiger charge is 2.52. The second kappa shape index (κ2) is 7.96. The number of carbonyl (C=O) groups excluding carboxylic acids is 1. The molecule has 144 valence electrons. The largest absolute Gasteiger partial charge is 0.479 e. The molecule has 2 aliphatic rings. The van der Waals surface area contributed by atoms with Crippen LogP contribution in [0.3, 0.4) is 0 Å². The summed E-state index contributed by atoms with van der Waals surface area (Å²) in [6, 6.07) is -0.0355. The standard InChI is InChI=1S/C20H35NO4/c1-19(2,3)25-18(24)21(16-13-9-6-10-14-16)20(4,17(22)23)15-11-7-5-8-12-15/h15-16H,5-14H2,1-4H3,(H,22,23). The summed E-state index contributed by atoms with van der Waals surface area (Å²) in [5, 5.41) is 10.2. The third-order valence-corrected chi connectivity index (χ3v) is 5.86. The molecule has 0 aliphatic heterocycles. The molecule has 0 spiro atoms. The van der Waals surface area contributed by atoms with Gasteiger partial charge >= 0.3 is 12.1 Å². The van der Waals surface area contributed by atoms with Crippen molar-refractivity contribution in [1.29, 1.82) is 0 Å². The Kier molecular flexibility index (Phi) is 6.39. The lowest BCUT2D eigenvalue weighted by Gasteiger charge is -2.49. The van der Waals surface area contributed by atoms with Crippen LogP contribution in [0.1, 0.15) is 91.9 Å². The molecule has 1 atom stereocenters. The third-order valence-electron chi connectivity index (χ3n) is 5.86. The van der Waals surface area contributed by atoms with Crippen LogP contribution in [-0.4, -0.2) is 39.3 Å². The Hall–Kier alpha value is -1.26. The van der Waals surface area contributed by atoms with Crippen molar-refractivity contribution in [2.75, 3.05) is 0 Å². The first-order valence-corrected chi connectivity index (χ1v) is 9.92. The van der Waals surface area contributed by atoms with Gasteiger partial charge in [-0.25, -0.2) is 9.59 Å². The maximum atomic E-state index is 13.1. The highest BCUT2D eigenvalue weighted by atomic mass is 16.6. The summed E-state index contributed by atoms with van der Waals surface area (Å²) in [7, 11) is 0. The average molecular weight is 354 g/mol. The Labute approximate surface area is 152 Å². The van der Waals surface area contributed by atoms with Crippen molar-refractivity contribution in [2.24, 2.45) is 5.92 Å². The molecule has 0 saturated heterocycles. The maximum Gasteiger partial charge on any atom is 0.411 e. The van der Waals surface area contributed by atoms with Crippen LogP contribution in [0.25, 0.3) is 0 Å². The number of hydrogen-bond donors (Lipinski definition) is 1. The van der Waals surface area contributed by atoms with Crippen molar-refractivity contribution < 1.29 is 19.4 Å². The molecule has 1 N–H and O–H groups in total. The smallest absolute Gasteiger partial charge is 0.411 e. The quantitative estimate of drug-likeness (QED) is 0.774. The van der Waals surface area contributed by atoms with E-state index in [1.165, 1.54) is 0 Å². The number of carboxylic acids is 1. The van der Waals surface area contributed by atoms with Crippen LogP contribution in [0.2, 0.25) is 0 Å². The highest BCUT2D eigenvalue weighted by Crippen LogP contribution is 2.40. The van der Waals surface area contributed by atoms with Crippen molar-refractivity contribution in [3.63, 3.8) is 0 Å². The fraction of sp³-hybridized carbons (Fsp3) is 0.900. The maximum absolute atomic E-state index is 13.1. The first-order chi connectivity index (χ1) is 11.7. The Morgan fingerprint density at radius 3 is 1.80 bits per heavy atom. The summed E-state index contributed by atoms with van der Waals surface area (Å²) in [6.45, 7) is 7.26. The van der Waals surface area contributed by atoms with Gasteiger partial charge in [0.1, 0.15) is 11.1 Å². The molecule has 5 nitrogen and oxygen atoms in total. The molecule has 1 amide bonds. The van der Waals surface area contributed by atoms with Gasteiger partial charge in [0.15, 0.2) is 0 Å². The zero-order chi connectivity index (χ0) is 18.7. The van der Waals surface area contributed by atoms with Crippen molar-refractivity contribution in [3.05, 3.63) is 0 Å². The minimum Gasteiger partial charge on any atom is -0.479 e. The molecule has 0 bridgehead atoms. The third kappa shape index (κ3) is 4.68. The number of carboxylic acid groups (broad SMARTS) is 1. The minimum atomic E-state index is -1.19. The second-order valence-corrected chi connectivity index (χ2v) is 8.93. The number of carbonyl (C=O) groups is 2. The van der Waals surface area contributed by atoms with Gasteiger partial charge in [-0.2, -0.15) is 0 Å². The summed E-state index contributed by atoms with van der Waals surface area (Å²) in [4.78, 5) is 27.1. The monoisotopic (exact) mass is 353 g/mol. The van der Waals surface area contributed by atoms with Gasteiger partial charge in [0.2, 0.25) is 0 Å². The van der Waals surface area contributed by atoms with Crippen LogP contribution in [-0.2, 0) is 9.53 Å². The van der Waals surface area contributed by atoms with Crippen LogP contribution in [0.4, 0.5) is 4.79 Å². The lowest BCUT2D eigenvalue weighted by Crippen LogP contribution is -2.64. The molecule has 0 radical (unpaired) electrons. The lowest BCUT2D eigenvalue weighted by molar-refractivity contribution is -0.158. The zero-order valence-corrected chi connectivity index (χ0v) is 16.3. The Balaban J connectivity index is 2.38. The lowest BCUT2D eigenvalue weighted by atomic mass is 9.73. The predicted octanol–water partition coefficient (Wildman–Crippen LogP) is 4.98. The van der Waals surface area contributed by atoms with E-state index in [2.05, 4.69) is 0 Å². The number of aliphatic carboxylic acids is 1. The number of hydrogen-bond acceptors (Lipinski definition) is 3. The normalized spacial score (nSPS) is 22.9. The van der Waals surface area contributed by atoms with Crippen molar-refractivity contribution in [3.8, 4) is 0 Å². The van der Waals surface area contributed by atoms with Crippen molar-refractivity contribution >= 4 is 12.1 Å². The molecule has 0 heterocycles. The molecule has 0 aromatic carbocycles. The van der Waals surface area contributed by atoms with E-state index >= 15 is 0 Å². The number of ether oxygens (including phenoxy) is 1. The fourth-order valence-electron chi connectivity index (χ4n) is 4.51. The van der Waals surface area contributed by atoms with E-state index in [9.17, 15) is 14.7 Å². The van der Waals surface area contributed by atoms with Crippen LogP contribution >= 0.6 is 0 Å². The zero-order valence-electron chi connectivity index (χ0n) is 16.3. The topological polar surface area (TPSA) is 66.8 Å². The molecule has 2 saturated carbocycles. The summed E-state index contributed by atoms with van der Waals surface area (Å²) >= 11 is 0. The number of rotatable bonds is 4. The molecular weight excluding hydrogens is 318 g/mol. The Morgan fingerprint density at radius 2 is 1.36 bits per heavy atom. The first-order valence-electron chi connectivity index (χ1n) is 9.92. The number of amides is 1. The SMILES string of the molecule is CC(C)(C)OC(=O)N(C1CCCCC1)C(C)(C(=O)O)C1CCCCC1. The summed E-state index contributed by atoms with van der Waals surface area (Å²) in [5.74, 6) is -0.899. The van der Waals surface area contributed by atoms with Gasteiger partial charge < -0.3 is 9.84 Å². The van der Waals surface area contributed by atoms with E-state index in [4.69, 9.17) is 4.74 Å².